The molecular weight excluding hydrogens is 281 g/mol. The van der Waals surface area contributed by atoms with Crippen LogP contribution < -0.4 is 4.31 Å². The lowest BCUT2D eigenvalue weighted by Crippen LogP contribution is -2.28. The van der Waals surface area contributed by atoms with Gasteiger partial charge in [-0.1, -0.05) is 0 Å². The summed E-state index contributed by atoms with van der Waals surface area (Å²) in [7, 11) is -2.78. The van der Waals surface area contributed by atoms with Gasteiger partial charge in [-0.05, 0) is 36.4 Å². The number of aromatic nitrogens is 1. The van der Waals surface area contributed by atoms with Crippen molar-refractivity contribution >= 4 is 15.7 Å². The summed E-state index contributed by atoms with van der Waals surface area (Å²) >= 11 is 0. The maximum atomic E-state index is 13.6. The van der Waals surface area contributed by atoms with Crippen LogP contribution in [0.3, 0.4) is 0 Å². The van der Waals surface area contributed by atoms with Gasteiger partial charge in [0.25, 0.3) is 10.0 Å². The number of hydrogen-bond acceptors (Lipinski definition) is 4. The molecule has 0 atom stereocenters. The molecular formula is C13H10FN3O2S. The molecule has 2 aromatic rings. The van der Waals surface area contributed by atoms with Crippen LogP contribution in [-0.2, 0) is 10.0 Å². The number of nitriles is 1. The van der Waals surface area contributed by atoms with Crippen molar-refractivity contribution in [1.29, 1.82) is 5.26 Å². The molecule has 1 aromatic heterocycles. The van der Waals surface area contributed by atoms with Crippen molar-refractivity contribution < 1.29 is 12.8 Å². The third kappa shape index (κ3) is 2.46. The Morgan fingerprint density at radius 3 is 2.45 bits per heavy atom. The normalized spacial score (nSPS) is 10.8. The lowest BCUT2D eigenvalue weighted by molar-refractivity contribution is 0.552. The van der Waals surface area contributed by atoms with Gasteiger partial charge in [0.2, 0.25) is 5.03 Å². The van der Waals surface area contributed by atoms with E-state index < -0.39 is 20.9 Å². The van der Waals surface area contributed by atoms with Crippen molar-refractivity contribution in [1.82, 2.24) is 4.98 Å². The SMILES string of the molecule is CN(c1ccc(C#N)cc1)S(=O)(=O)c1ncccc1F. The summed E-state index contributed by atoms with van der Waals surface area (Å²) in [6.07, 6.45) is 1.21. The van der Waals surface area contributed by atoms with Crippen molar-refractivity contribution in [3.05, 3.63) is 54.0 Å². The number of nitrogens with zero attached hydrogens (tertiary/aromatic N) is 3. The molecule has 0 aliphatic heterocycles. The molecule has 102 valence electrons. The molecule has 0 radical (unpaired) electrons. The van der Waals surface area contributed by atoms with E-state index in [-0.39, 0.29) is 0 Å². The predicted octanol–water partition coefficient (Wildman–Crippen LogP) is 1.92. The van der Waals surface area contributed by atoms with Crippen molar-refractivity contribution in [2.75, 3.05) is 11.4 Å². The number of rotatable bonds is 3. The van der Waals surface area contributed by atoms with Gasteiger partial charge in [0, 0.05) is 13.2 Å². The quantitative estimate of drug-likeness (QED) is 0.866. The summed E-state index contributed by atoms with van der Waals surface area (Å²) in [5, 5.41) is 8.07. The van der Waals surface area contributed by atoms with Gasteiger partial charge in [-0.25, -0.2) is 9.37 Å². The lowest BCUT2D eigenvalue weighted by Gasteiger charge is -2.19. The average Bonchev–Trinajstić information content (AvgIpc) is 2.47. The molecule has 0 N–H and O–H groups in total. The van der Waals surface area contributed by atoms with Crippen molar-refractivity contribution in [2.45, 2.75) is 5.03 Å². The fourth-order valence-electron chi connectivity index (χ4n) is 1.58. The van der Waals surface area contributed by atoms with E-state index in [4.69, 9.17) is 5.26 Å². The molecule has 0 fully saturated rings. The van der Waals surface area contributed by atoms with Crippen LogP contribution >= 0.6 is 0 Å². The minimum absolute atomic E-state index is 0.314. The molecule has 0 saturated heterocycles. The van der Waals surface area contributed by atoms with Crippen LogP contribution in [0.1, 0.15) is 5.56 Å². The Morgan fingerprint density at radius 1 is 1.25 bits per heavy atom. The molecule has 1 aromatic carbocycles. The zero-order chi connectivity index (χ0) is 14.8. The second-order valence-electron chi connectivity index (χ2n) is 3.92. The van der Waals surface area contributed by atoms with E-state index >= 15 is 0 Å². The number of halogens is 1. The van der Waals surface area contributed by atoms with E-state index in [9.17, 15) is 12.8 Å². The van der Waals surface area contributed by atoms with Crippen LogP contribution in [0.25, 0.3) is 0 Å². The van der Waals surface area contributed by atoms with Crippen molar-refractivity contribution in [3.63, 3.8) is 0 Å². The molecule has 0 spiro atoms. The molecule has 7 heteroatoms. The standard InChI is InChI=1S/C13H10FN3O2S/c1-17(11-6-4-10(9-15)5-7-11)20(18,19)13-12(14)3-2-8-16-13/h2-8H,1H3. The van der Waals surface area contributed by atoms with Gasteiger partial charge in [0.1, 0.15) is 0 Å². The maximum absolute atomic E-state index is 13.6. The fraction of sp³-hybridized carbons (Fsp3) is 0.0769. The zero-order valence-corrected chi connectivity index (χ0v) is 11.3. The Balaban J connectivity index is 2.44. The third-order valence-corrected chi connectivity index (χ3v) is 4.41. The Morgan fingerprint density at radius 2 is 1.90 bits per heavy atom. The molecule has 0 unspecified atom stereocenters. The van der Waals surface area contributed by atoms with Gasteiger partial charge in [-0.3, -0.25) is 4.31 Å². The summed E-state index contributed by atoms with van der Waals surface area (Å²) < 4.78 is 39.0. The Bertz CT molecular complexity index is 767. The van der Waals surface area contributed by atoms with Crippen molar-refractivity contribution in [3.8, 4) is 6.07 Å². The summed E-state index contributed by atoms with van der Waals surface area (Å²) in [5.74, 6) is -0.909. The summed E-state index contributed by atoms with van der Waals surface area (Å²) in [6.45, 7) is 0. The smallest absolute Gasteiger partial charge is 0.268 e. The molecule has 5 nitrogen and oxygen atoms in total. The molecule has 0 aliphatic rings. The van der Waals surface area contributed by atoms with Gasteiger partial charge >= 0.3 is 0 Å². The van der Waals surface area contributed by atoms with Crippen LogP contribution in [0.2, 0.25) is 0 Å². The molecule has 1 heterocycles. The lowest BCUT2D eigenvalue weighted by atomic mass is 10.2. The maximum Gasteiger partial charge on any atom is 0.284 e. The summed E-state index contributed by atoms with van der Waals surface area (Å²) in [6, 6.07) is 10.2. The molecule has 0 amide bonds. The van der Waals surface area contributed by atoms with Gasteiger partial charge in [-0.15, -0.1) is 0 Å². The van der Waals surface area contributed by atoms with E-state index in [1.165, 1.54) is 43.6 Å². The van der Waals surface area contributed by atoms with Crippen LogP contribution in [0.15, 0.2) is 47.6 Å². The number of pyridine rings is 1. The number of sulfonamides is 1. The first-order chi connectivity index (χ1) is 9.46. The first-order valence-electron chi connectivity index (χ1n) is 5.56. The van der Waals surface area contributed by atoms with Gasteiger partial charge in [0.15, 0.2) is 5.82 Å². The van der Waals surface area contributed by atoms with Gasteiger partial charge in [-0.2, -0.15) is 13.7 Å². The van der Waals surface area contributed by atoms with E-state index in [1.54, 1.807) is 0 Å². The highest BCUT2D eigenvalue weighted by Gasteiger charge is 2.26. The van der Waals surface area contributed by atoms with Crippen LogP contribution in [0.4, 0.5) is 10.1 Å². The van der Waals surface area contributed by atoms with Gasteiger partial charge in [0.05, 0.1) is 17.3 Å². The first kappa shape index (κ1) is 14.0. The average molecular weight is 291 g/mol. The van der Waals surface area contributed by atoms with E-state index in [0.717, 1.165) is 10.4 Å². The second kappa shape index (κ2) is 5.27. The highest BCUT2D eigenvalue weighted by Crippen LogP contribution is 2.22. The van der Waals surface area contributed by atoms with E-state index in [0.29, 0.717) is 11.3 Å². The molecule has 20 heavy (non-hydrogen) atoms. The van der Waals surface area contributed by atoms with Crippen molar-refractivity contribution in [2.24, 2.45) is 0 Å². The Labute approximate surface area is 116 Å². The monoisotopic (exact) mass is 291 g/mol. The highest BCUT2D eigenvalue weighted by molar-refractivity contribution is 7.92. The topological polar surface area (TPSA) is 74.1 Å². The number of anilines is 1. The number of hydrogen-bond donors (Lipinski definition) is 0. The highest BCUT2D eigenvalue weighted by atomic mass is 32.2. The predicted molar refractivity (Wildman–Crippen MR) is 70.9 cm³/mol. The van der Waals surface area contributed by atoms with Crippen LogP contribution in [0, 0.1) is 17.1 Å². The van der Waals surface area contributed by atoms with Gasteiger partial charge < -0.3 is 0 Å². The number of benzene rings is 1. The third-order valence-electron chi connectivity index (χ3n) is 2.69. The van der Waals surface area contributed by atoms with E-state index in [2.05, 4.69) is 4.98 Å². The molecule has 0 saturated carbocycles. The summed E-state index contributed by atoms with van der Waals surface area (Å²) in [5.41, 5.74) is 0.720. The van der Waals surface area contributed by atoms with Crippen LogP contribution in [-0.4, -0.2) is 20.4 Å². The minimum atomic E-state index is -4.08. The zero-order valence-electron chi connectivity index (χ0n) is 10.5. The Kier molecular flexibility index (Phi) is 3.68. The van der Waals surface area contributed by atoms with Crippen LogP contribution in [0.5, 0.6) is 0 Å². The molecule has 0 aliphatic carbocycles. The Hall–Kier alpha value is -2.46. The molecule has 0 bridgehead atoms. The first-order valence-corrected chi connectivity index (χ1v) is 7.00. The molecule has 2 rings (SSSR count). The fourth-order valence-corrected chi connectivity index (χ4v) is 2.74. The largest absolute Gasteiger partial charge is 0.284 e. The summed E-state index contributed by atoms with van der Waals surface area (Å²) in [4.78, 5) is 3.57. The van der Waals surface area contributed by atoms with E-state index in [1.807, 2.05) is 6.07 Å². The minimum Gasteiger partial charge on any atom is -0.268 e. The second-order valence-corrected chi connectivity index (χ2v) is 5.81.